The van der Waals surface area contributed by atoms with Gasteiger partial charge in [0.15, 0.2) is 5.78 Å². The first-order valence-corrected chi connectivity index (χ1v) is 7.78. The standard InChI is InChI=1S/C22H22O/c1-4-10-17-15-19(11-5-2)21(20(16-17)12-6-3)22(23)18-13-8-7-9-14-18/h4-9,13-16H,1-3,10-12H2. The molecule has 0 aliphatic carbocycles. The smallest absolute Gasteiger partial charge is 0.193 e. The minimum absolute atomic E-state index is 0.0597. The third kappa shape index (κ3) is 3.95. The van der Waals surface area contributed by atoms with Gasteiger partial charge in [-0.2, -0.15) is 0 Å². The second kappa shape index (κ2) is 8.09. The van der Waals surface area contributed by atoms with Crippen molar-refractivity contribution in [3.8, 4) is 0 Å². The molecule has 0 heterocycles. The zero-order chi connectivity index (χ0) is 16.7. The number of ketones is 1. The molecule has 0 spiro atoms. The van der Waals surface area contributed by atoms with E-state index in [2.05, 4.69) is 31.9 Å². The van der Waals surface area contributed by atoms with Crippen LogP contribution in [0.25, 0.3) is 0 Å². The summed E-state index contributed by atoms with van der Waals surface area (Å²) >= 11 is 0. The zero-order valence-corrected chi connectivity index (χ0v) is 13.4. The molecular formula is C22H22O. The Morgan fingerprint density at radius 3 is 1.83 bits per heavy atom. The van der Waals surface area contributed by atoms with Crippen LogP contribution in [0.1, 0.15) is 32.6 Å². The fourth-order valence-electron chi connectivity index (χ4n) is 2.78. The van der Waals surface area contributed by atoms with Gasteiger partial charge in [0.25, 0.3) is 0 Å². The van der Waals surface area contributed by atoms with Crippen LogP contribution in [-0.2, 0) is 19.3 Å². The number of rotatable bonds is 8. The van der Waals surface area contributed by atoms with E-state index in [9.17, 15) is 4.79 Å². The molecule has 0 aliphatic heterocycles. The first-order chi connectivity index (χ1) is 11.2. The van der Waals surface area contributed by atoms with E-state index < -0.39 is 0 Å². The first kappa shape index (κ1) is 16.7. The fourth-order valence-corrected chi connectivity index (χ4v) is 2.78. The van der Waals surface area contributed by atoms with Crippen molar-refractivity contribution in [1.29, 1.82) is 0 Å². The average molecular weight is 302 g/mol. The van der Waals surface area contributed by atoms with Crippen molar-refractivity contribution in [2.75, 3.05) is 0 Å². The molecule has 2 aromatic rings. The summed E-state index contributed by atoms with van der Waals surface area (Å²) in [6.45, 7) is 11.5. The van der Waals surface area contributed by atoms with Gasteiger partial charge in [-0.1, -0.05) is 60.7 Å². The molecule has 0 fully saturated rings. The van der Waals surface area contributed by atoms with Crippen LogP contribution >= 0.6 is 0 Å². The van der Waals surface area contributed by atoms with E-state index >= 15 is 0 Å². The first-order valence-electron chi connectivity index (χ1n) is 7.78. The summed E-state index contributed by atoms with van der Waals surface area (Å²) < 4.78 is 0. The molecule has 0 radical (unpaired) electrons. The van der Waals surface area contributed by atoms with E-state index in [-0.39, 0.29) is 5.78 Å². The maximum absolute atomic E-state index is 13.0. The van der Waals surface area contributed by atoms with Crippen LogP contribution in [0, 0.1) is 0 Å². The van der Waals surface area contributed by atoms with Crippen LogP contribution in [0.5, 0.6) is 0 Å². The van der Waals surface area contributed by atoms with Gasteiger partial charge in [-0.25, -0.2) is 0 Å². The van der Waals surface area contributed by atoms with Crippen molar-refractivity contribution in [2.24, 2.45) is 0 Å². The highest BCUT2D eigenvalue weighted by atomic mass is 16.1. The Bertz CT molecular complexity index is 692. The molecular weight excluding hydrogens is 280 g/mol. The van der Waals surface area contributed by atoms with Gasteiger partial charge in [-0.15, -0.1) is 19.7 Å². The zero-order valence-electron chi connectivity index (χ0n) is 13.4. The molecule has 0 aromatic heterocycles. The quantitative estimate of drug-likeness (QED) is 0.489. The molecule has 1 nitrogen and oxygen atoms in total. The molecule has 0 amide bonds. The van der Waals surface area contributed by atoms with E-state index in [1.807, 2.05) is 48.6 Å². The van der Waals surface area contributed by atoms with Gasteiger partial charge in [-0.3, -0.25) is 4.79 Å². The summed E-state index contributed by atoms with van der Waals surface area (Å²) in [7, 11) is 0. The molecule has 1 heteroatoms. The molecule has 0 unspecified atom stereocenters. The third-order valence-corrected chi connectivity index (χ3v) is 3.73. The second-order valence-corrected chi connectivity index (χ2v) is 5.46. The number of hydrogen-bond acceptors (Lipinski definition) is 1. The van der Waals surface area contributed by atoms with E-state index in [4.69, 9.17) is 0 Å². The van der Waals surface area contributed by atoms with E-state index in [1.54, 1.807) is 0 Å². The van der Waals surface area contributed by atoms with E-state index in [1.165, 1.54) is 5.56 Å². The lowest BCUT2D eigenvalue weighted by molar-refractivity contribution is 0.103. The predicted octanol–water partition coefficient (Wildman–Crippen LogP) is 5.10. The molecule has 0 aliphatic rings. The molecule has 0 atom stereocenters. The Balaban J connectivity index is 2.62. The van der Waals surface area contributed by atoms with Crippen molar-refractivity contribution in [3.63, 3.8) is 0 Å². The number of benzene rings is 2. The molecule has 0 saturated heterocycles. The summed E-state index contributed by atoms with van der Waals surface area (Å²) in [5.74, 6) is 0.0597. The lowest BCUT2D eigenvalue weighted by Crippen LogP contribution is -2.10. The molecule has 0 saturated carbocycles. The van der Waals surface area contributed by atoms with Crippen molar-refractivity contribution in [1.82, 2.24) is 0 Å². The van der Waals surface area contributed by atoms with Gasteiger partial charge in [0.05, 0.1) is 0 Å². The number of carbonyl (C=O) groups excluding carboxylic acids is 1. The monoisotopic (exact) mass is 302 g/mol. The van der Waals surface area contributed by atoms with Crippen LogP contribution in [0.3, 0.4) is 0 Å². The molecule has 0 N–H and O–H groups in total. The van der Waals surface area contributed by atoms with Crippen molar-refractivity contribution in [2.45, 2.75) is 19.3 Å². The Morgan fingerprint density at radius 2 is 1.35 bits per heavy atom. The van der Waals surface area contributed by atoms with E-state index in [0.29, 0.717) is 18.4 Å². The largest absolute Gasteiger partial charge is 0.289 e. The average Bonchev–Trinajstić information content (AvgIpc) is 2.56. The van der Waals surface area contributed by atoms with Crippen molar-refractivity contribution < 1.29 is 4.79 Å². The van der Waals surface area contributed by atoms with Gasteiger partial charge >= 0.3 is 0 Å². The minimum atomic E-state index is 0.0597. The van der Waals surface area contributed by atoms with Crippen LogP contribution in [0.4, 0.5) is 0 Å². The molecule has 116 valence electrons. The van der Waals surface area contributed by atoms with Gasteiger partial charge in [0.2, 0.25) is 0 Å². The van der Waals surface area contributed by atoms with Gasteiger partial charge in [0.1, 0.15) is 0 Å². The van der Waals surface area contributed by atoms with Crippen molar-refractivity contribution >= 4 is 5.78 Å². The topological polar surface area (TPSA) is 17.1 Å². The summed E-state index contributed by atoms with van der Waals surface area (Å²) in [5.41, 5.74) is 4.69. The lowest BCUT2D eigenvalue weighted by atomic mass is 9.88. The Labute approximate surface area is 138 Å². The SMILES string of the molecule is C=CCc1cc(CC=C)c(C(=O)c2ccccc2)c(CC=C)c1. The maximum atomic E-state index is 13.0. The van der Waals surface area contributed by atoms with E-state index in [0.717, 1.165) is 23.1 Å². The summed E-state index contributed by atoms with van der Waals surface area (Å²) in [6, 6.07) is 13.6. The maximum Gasteiger partial charge on any atom is 0.193 e. The minimum Gasteiger partial charge on any atom is -0.289 e. The Morgan fingerprint density at radius 1 is 0.826 bits per heavy atom. The third-order valence-electron chi connectivity index (χ3n) is 3.73. The highest BCUT2D eigenvalue weighted by Gasteiger charge is 2.18. The predicted molar refractivity (Wildman–Crippen MR) is 98.0 cm³/mol. The number of carbonyl (C=O) groups is 1. The number of allylic oxidation sites excluding steroid dienone is 3. The molecule has 2 aromatic carbocycles. The Hall–Kier alpha value is -2.67. The van der Waals surface area contributed by atoms with Crippen LogP contribution < -0.4 is 0 Å². The molecule has 0 bridgehead atoms. The second-order valence-electron chi connectivity index (χ2n) is 5.46. The Kier molecular flexibility index (Phi) is 5.87. The van der Waals surface area contributed by atoms with Gasteiger partial charge in [0, 0.05) is 11.1 Å². The van der Waals surface area contributed by atoms with Gasteiger partial charge in [-0.05, 0) is 36.0 Å². The number of hydrogen-bond donors (Lipinski definition) is 0. The van der Waals surface area contributed by atoms with Crippen molar-refractivity contribution in [3.05, 3.63) is 108 Å². The summed E-state index contributed by atoms with van der Waals surface area (Å²) in [5, 5.41) is 0. The highest BCUT2D eigenvalue weighted by molar-refractivity contribution is 6.11. The lowest BCUT2D eigenvalue weighted by Gasteiger charge is -2.15. The molecule has 23 heavy (non-hydrogen) atoms. The van der Waals surface area contributed by atoms with Crippen LogP contribution in [0.2, 0.25) is 0 Å². The van der Waals surface area contributed by atoms with Gasteiger partial charge < -0.3 is 0 Å². The van der Waals surface area contributed by atoms with Crippen LogP contribution in [-0.4, -0.2) is 5.78 Å². The molecule has 2 rings (SSSR count). The normalized spacial score (nSPS) is 10.1. The summed E-state index contributed by atoms with van der Waals surface area (Å²) in [6.07, 6.45) is 7.68. The summed E-state index contributed by atoms with van der Waals surface area (Å²) in [4.78, 5) is 13.0. The van der Waals surface area contributed by atoms with Crippen LogP contribution in [0.15, 0.2) is 80.4 Å². The highest BCUT2D eigenvalue weighted by Crippen LogP contribution is 2.24. The fraction of sp³-hybridized carbons (Fsp3) is 0.136.